The second-order valence-corrected chi connectivity index (χ2v) is 10.9. The van der Waals surface area contributed by atoms with E-state index in [1.54, 1.807) is 13.0 Å². The molecule has 1 aromatic heterocycles. The summed E-state index contributed by atoms with van der Waals surface area (Å²) in [6.07, 6.45) is 3.98. The van der Waals surface area contributed by atoms with E-state index in [1.165, 1.54) is 21.1 Å². The largest absolute Gasteiger partial charge is 0.492 e. The van der Waals surface area contributed by atoms with Crippen LogP contribution < -0.4 is 15.9 Å². The van der Waals surface area contributed by atoms with Crippen molar-refractivity contribution < 1.29 is 27.9 Å². The Hall–Kier alpha value is -2.89. The van der Waals surface area contributed by atoms with E-state index in [-0.39, 0.29) is 17.2 Å². The average Bonchev–Trinajstić information content (AvgIpc) is 3.11. The van der Waals surface area contributed by atoms with Gasteiger partial charge in [0.1, 0.15) is 11.4 Å². The molecule has 4 N–H and O–H groups in total. The van der Waals surface area contributed by atoms with Gasteiger partial charge in [-0.25, -0.2) is 8.42 Å². The minimum atomic E-state index is -3.78. The number of nitrogens with two attached hydrogens (primary N) is 1. The summed E-state index contributed by atoms with van der Waals surface area (Å²) in [5.74, 6) is 0.000120. The number of ether oxygens (including phenoxy) is 1. The van der Waals surface area contributed by atoms with Crippen molar-refractivity contribution in [2.75, 3.05) is 31.7 Å². The van der Waals surface area contributed by atoms with Crippen molar-refractivity contribution in [1.29, 1.82) is 0 Å². The molecule has 0 unspecified atom stereocenters. The predicted molar refractivity (Wildman–Crippen MR) is 137 cm³/mol. The maximum atomic E-state index is 13.5. The van der Waals surface area contributed by atoms with E-state index in [2.05, 4.69) is 5.43 Å². The van der Waals surface area contributed by atoms with Crippen molar-refractivity contribution in [2.45, 2.75) is 57.8 Å². The summed E-state index contributed by atoms with van der Waals surface area (Å²) in [5, 5.41) is 9.18. The Morgan fingerprint density at radius 3 is 2.53 bits per heavy atom. The van der Waals surface area contributed by atoms with Crippen LogP contribution in [0.2, 0.25) is 0 Å². The number of carbonyl (C=O) groups is 2. The number of hydrogen-bond donors (Lipinski definition) is 3. The van der Waals surface area contributed by atoms with Crippen molar-refractivity contribution in [2.24, 2.45) is 11.7 Å². The number of nitrogens with one attached hydrogen (secondary N) is 1. The third kappa shape index (κ3) is 5.58. The number of amides is 1. The maximum absolute atomic E-state index is 13.5. The molecule has 1 aliphatic rings. The third-order valence-corrected chi connectivity index (χ3v) is 8.53. The van der Waals surface area contributed by atoms with Crippen LogP contribution >= 0.6 is 0 Å². The summed E-state index contributed by atoms with van der Waals surface area (Å²) in [6.45, 7) is 6.63. The lowest BCUT2D eigenvalue weighted by molar-refractivity contribution is 0.0992. The molecular formula is C25H36N4O6S. The van der Waals surface area contributed by atoms with Crippen molar-refractivity contribution in [3.8, 4) is 5.75 Å². The fourth-order valence-corrected chi connectivity index (χ4v) is 6.25. The first-order valence-corrected chi connectivity index (χ1v) is 13.8. The molecule has 1 aliphatic heterocycles. The molecule has 2 aromatic rings. The van der Waals surface area contributed by atoms with Crippen LogP contribution in [0.5, 0.6) is 5.75 Å². The molecule has 2 heterocycles. The van der Waals surface area contributed by atoms with Gasteiger partial charge in [-0.05, 0) is 69.2 Å². The van der Waals surface area contributed by atoms with Crippen LogP contribution in [0.1, 0.15) is 71.6 Å². The molecule has 36 heavy (non-hydrogen) atoms. The van der Waals surface area contributed by atoms with E-state index < -0.39 is 15.9 Å². The lowest BCUT2D eigenvalue weighted by Crippen LogP contribution is -2.38. The van der Waals surface area contributed by atoms with E-state index in [4.69, 9.17) is 10.5 Å². The van der Waals surface area contributed by atoms with Crippen LogP contribution in [0.15, 0.2) is 23.1 Å². The van der Waals surface area contributed by atoms with Crippen molar-refractivity contribution >= 4 is 27.9 Å². The summed E-state index contributed by atoms with van der Waals surface area (Å²) in [7, 11) is -3.78. The molecule has 0 bridgehead atoms. The number of sulfonamides is 1. The van der Waals surface area contributed by atoms with E-state index in [1.807, 2.05) is 13.8 Å². The minimum Gasteiger partial charge on any atom is -0.492 e. The van der Waals surface area contributed by atoms with Gasteiger partial charge in [0.25, 0.3) is 5.91 Å². The topological polar surface area (TPSA) is 144 Å². The lowest BCUT2D eigenvalue weighted by atomic mass is 9.95. The standard InChI is InChI=1S/C25H36N4O6S/c1-4-6-22-20(16-31)17(3)24(25(26)32)29(22)27-21-15-19(7-8-23(21)35-5-2)36(33,34)28-12-9-18(10-13-28)11-14-30/h7-8,15-16,18,27,30H,4-6,9-14H2,1-3H3,(H2,26,32). The highest BCUT2D eigenvalue weighted by atomic mass is 32.2. The molecule has 0 atom stereocenters. The molecule has 0 spiro atoms. The van der Waals surface area contributed by atoms with Gasteiger partial charge >= 0.3 is 0 Å². The van der Waals surface area contributed by atoms with Gasteiger partial charge < -0.3 is 15.6 Å². The molecule has 1 saturated heterocycles. The molecule has 1 amide bonds. The zero-order valence-electron chi connectivity index (χ0n) is 21.1. The van der Waals surface area contributed by atoms with Gasteiger partial charge in [0, 0.05) is 25.3 Å². The van der Waals surface area contributed by atoms with Crippen LogP contribution in [0.4, 0.5) is 5.69 Å². The molecule has 10 nitrogen and oxygen atoms in total. The molecular weight excluding hydrogens is 484 g/mol. The number of rotatable bonds is 12. The quantitative estimate of drug-likeness (QED) is 0.365. The van der Waals surface area contributed by atoms with Gasteiger partial charge in [0.2, 0.25) is 10.0 Å². The first-order valence-electron chi connectivity index (χ1n) is 12.3. The molecule has 1 fully saturated rings. The number of primary amides is 1. The number of carbonyl (C=O) groups excluding carboxylic acids is 2. The zero-order valence-corrected chi connectivity index (χ0v) is 21.9. The summed E-state index contributed by atoms with van der Waals surface area (Å²) in [5.41, 5.74) is 10.7. The molecule has 11 heteroatoms. The Balaban J connectivity index is 2.04. The van der Waals surface area contributed by atoms with Gasteiger partial charge in [-0.2, -0.15) is 4.31 Å². The van der Waals surface area contributed by atoms with E-state index >= 15 is 0 Å². The number of aliphatic hydroxyl groups excluding tert-OH is 1. The van der Waals surface area contributed by atoms with E-state index in [9.17, 15) is 23.1 Å². The zero-order chi connectivity index (χ0) is 26.5. The van der Waals surface area contributed by atoms with Gasteiger partial charge in [0.05, 0.1) is 22.9 Å². The van der Waals surface area contributed by atoms with Gasteiger partial charge in [-0.3, -0.25) is 19.7 Å². The number of piperidine rings is 1. The predicted octanol–water partition coefficient (Wildman–Crippen LogP) is 2.72. The first kappa shape index (κ1) is 27.7. The van der Waals surface area contributed by atoms with E-state index in [0.717, 1.165) is 0 Å². The number of hydrogen-bond acceptors (Lipinski definition) is 7. The summed E-state index contributed by atoms with van der Waals surface area (Å²) < 4.78 is 35.6. The molecule has 198 valence electrons. The summed E-state index contributed by atoms with van der Waals surface area (Å²) >= 11 is 0. The van der Waals surface area contributed by atoms with Crippen LogP contribution in [-0.2, 0) is 16.4 Å². The number of aliphatic hydroxyl groups is 1. The Bertz CT molecular complexity index is 1200. The maximum Gasteiger partial charge on any atom is 0.267 e. The van der Waals surface area contributed by atoms with Gasteiger partial charge in [0.15, 0.2) is 6.29 Å². The van der Waals surface area contributed by atoms with Crippen LogP contribution in [0, 0.1) is 12.8 Å². The van der Waals surface area contributed by atoms with Crippen molar-refractivity contribution in [3.63, 3.8) is 0 Å². The molecule has 0 radical (unpaired) electrons. The van der Waals surface area contributed by atoms with Crippen LogP contribution in [0.25, 0.3) is 0 Å². The highest BCUT2D eigenvalue weighted by molar-refractivity contribution is 7.89. The molecule has 1 aromatic carbocycles. The van der Waals surface area contributed by atoms with Gasteiger partial charge in [-0.15, -0.1) is 0 Å². The molecule has 0 saturated carbocycles. The van der Waals surface area contributed by atoms with Gasteiger partial charge in [-0.1, -0.05) is 13.3 Å². The number of benzene rings is 1. The van der Waals surface area contributed by atoms with Crippen molar-refractivity contribution in [1.82, 2.24) is 8.98 Å². The number of aldehydes is 1. The minimum absolute atomic E-state index is 0.0891. The Kier molecular flexibility index (Phi) is 9.15. The number of anilines is 1. The highest BCUT2D eigenvalue weighted by Gasteiger charge is 2.30. The van der Waals surface area contributed by atoms with Crippen LogP contribution in [-0.4, -0.2) is 61.0 Å². The number of nitrogens with zero attached hydrogens (tertiary/aromatic N) is 2. The number of aromatic nitrogens is 1. The summed E-state index contributed by atoms with van der Waals surface area (Å²) in [4.78, 5) is 24.3. The van der Waals surface area contributed by atoms with Crippen molar-refractivity contribution in [3.05, 3.63) is 40.7 Å². The SMILES string of the molecule is CCCc1c(C=O)c(C)c(C(N)=O)n1Nc1cc(S(=O)(=O)N2CCC(CCO)CC2)ccc1OCC. The molecule has 0 aliphatic carbocycles. The fraction of sp³-hybridized carbons (Fsp3) is 0.520. The Morgan fingerprint density at radius 1 is 1.28 bits per heavy atom. The smallest absolute Gasteiger partial charge is 0.267 e. The second kappa shape index (κ2) is 11.9. The Labute approximate surface area is 212 Å². The average molecular weight is 521 g/mol. The second-order valence-electron chi connectivity index (χ2n) is 8.96. The monoisotopic (exact) mass is 520 g/mol. The first-order chi connectivity index (χ1) is 17.2. The highest BCUT2D eigenvalue weighted by Crippen LogP contribution is 2.33. The molecule has 3 rings (SSSR count). The lowest BCUT2D eigenvalue weighted by Gasteiger charge is -2.31. The third-order valence-electron chi connectivity index (χ3n) is 6.63. The fourth-order valence-electron chi connectivity index (χ4n) is 4.75. The normalized spacial score (nSPS) is 15.1. The van der Waals surface area contributed by atoms with E-state index in [0.29, 0.717) is 92.3 Å². The van der Waals surface area contributed by atoms with Crippen LogP contribution in [0.3, 0.4) is 0 Å². The summed E-state index contributed by atoms with van der Waals surface area (Å²) in [6, 6.07) is 4.57. The Morgan fingerprint density at radius 2 is 1.97 bits per heavy atom.